The third-order valence-corrected chi connectivity index (χ3v) is 3.98. The van der Waals surface area contributed by atoms with Gasteiger partial charge in [-0.2, -0.15) is 0 Å². The Kier molecular flexibility index (Phi) is 3.38. The monoisotopic (exact) mass is 319 g/mol. The number of aliphatic imine (C=N–C) groups is 1. The average Bonchev–Trinajstić information content (AvgIpc) is 3.05. The van der Waals surface area contributed by atoms with E-state index in [0.717, 1.165) is 22.8 Å². The number of hydrogen-bond donors (Lipinski definition) is 0. The lowest BCUT2D eigenvalue weighted by Crippen LogP contribution is -2.15. The van der Waals surface area contributed by atoms with Crippen LogP contribution in [-0.2, 0) is 6.42 Å². The molecule has 0 unspecified atom stereocenters. The molecule has 7 nitrogen and oxygen atoms in total. The Hall–Kier alpha value is -3.35. The fourth-order valence-corrected chi connectivity index (χ4v) is 2.86. The molecule has 0 N–H and O–H groups in total. The number of aromatic nitrogens is 3. The first-order chi connectivity index (χ1) is 11.7. The van der Waals surface area contributed by atoms with E-state index in [9.17, 15) is 10.1 Å². The predicted octanol–water partition coefficient (Wildman–Crippen LogP) is 2.57. The molecule has 0 saturated heterocycles. The second-order valence-electron chi connectivity index (χ2n) is 5.42. The van der Waals surface area contributed by atoms with Gasteiger partial charge in [-0.05, 0) is 6.07 Å². The molecule has 0 saturated carbocycles. The summed E-state index contributed by atoms with van der Waals surface area (Å²) in [5.74, 6) is 0.793. The van der Waals surface area contributed by atoms with Gasteiger partial charge in [0.2, 0.25) is 0 Å². The smallest absolute Gasteiger partial charge is 0.270 e. The van der Waals surface area contributed by atoms with Crippen molar-refractivity contribution in [2.75, 3.05) is 6.54 Å². The SMILES string of the molecule is O=[N+]([O-])c1ccc2c(c1)/C(c1ccccc1)=N\CCc1nncn1-2. The molecule has 0 spiro atoms. The van der Waals surface area contributed by atoms with Crippen LogP contribution in [0.3, 0.4) is 0 Å². The minimum Gasteiger partial charge on any atom is -0.285 e. The molecule has 3 aromatic rings. The summed E-state index contributed by atoms with van der Waals surface area (Å²) in [6.45, 7) is 0.547. The first-order valence-electron chi connectivity index (χ1n) is 7.52. The first kappa shape index (κ1) is 14.3. The van der Waals surface area contributed by atoms with Crippen molar-refractivity contribution in [3.05, 3.63) is 81.9 Å². The zero-order valence-electron chi connectivity index (χ0n) is 12.7. The van der Waals surface area contributed by atoms with E-state index in [0.29, 0.717) is 18.5 Å². The summed E-state index contributed by atoms with van der Waals surface area (Å²) in [7, 11) is 0. The minimum absolute atomic E-state index is 0.0348. The summed E-state index contributed by atoms with van der Waals surface area (Å²) in [5, 5.41) is 19.3. The molecule has 0 bridgehead atoms. The van der Waals surface area contributed by atoms with Gasteiger partial charge in [-0.25, -0.2) is 0 Å². The highest BCUT2D eigenvalue weighted by molar-refractivity contribution is 6.15. The molecular formula is C17H13N5O2. The maximum atomic E-state index is 11.2. The van der Waals surface area contributed by atoms with Crippen LogP contribution in [0.4, 0.5) is 5.69 Å². The van der Waals surface area contributed by atoms with E-state index in [2.05, 4.69) is 15.2 Å². The lowest BCUT2D eigenvalue weighted by Gasteiger charge is -2.17. The summed E-state index contributed by atoms with van der Waals surface area (Å²) in [6.07, 6.45) is 2.29. The maximum Gasteiger partial charge on any atom is 0.270 e. The molecule has 1 aliphatic heterocycles. The summed E-state index contributed by atoms with van der Waals surface area (Å²) < 4.78 is 1.87. The van der Waals surface area contributed by atoms with Gasteiger partial charge >= 0.3 is 0 Å². The molecule has 0 radical (unpaired) electrons. The van der Waals surface area contributed by atoms with E-state index >= 15 is 0 Å². The van der Waals surface area contributed by atoms with Gasteiger partial charge in [-0.15, -0.1) is 10.2 Å². The van der Waals surface area contributed by atoms with Crippen molar-refractivity contribution in [2.24, 2.45) is 4.99 Å². The average molecular weight is 319 g/mol. The van der Waals surface area contributed by atoms with Crippen molar-refractivity contribution in [1.29, 1.82) is 0 Å². The van der Waals surface area contributed by atoms with Gasteiger partial charge in [0.15, 0.2) is 0 Å². The van der Waals surface area contributed by atoms with Crippen LogP contribution in [-0.4, -0.2) is 31.9 Å². The lowest BCUT2D eigenvalue weighted by molar-refractivity contribution is -0.384. The number of rotatable bonds is 2. The summed E-state index contributed by atoms with van der Waals surface area (Å²) in [6, 6.07) is 14.5. The normalized spacial score (nSPS) is 15.4. The number of fused-ring (bicyclic) bond motifs is 3. The molecule has 2 aromatic carbocycles. The molecule has 0 atom stereocenters. The van der Waals surface area contributed by atoms with E-state index in [-0.39, 0.29) is 5.69 Å². The summed E-state index contributed by atoms with van der Waals surface area (Å²) >= 11 is 0. The largest absolute Gasteiger partial charge is 0.285 e. The quantitative estimate of drug-likeness (QED) is 0.536. The molecule has 2 heterocycles. The van der Waals surface area contributed by atoms with E-state index < -0.39 is 4.92 Å². The third kappa shape index (κ3) is 2.36. The summed E-state index contributed by atoms with van der Waals surface area (Å²) in [4.78, 5) is 15.5. The number of non-ortho nitro benzene ring substituents is 1. The van der Waals surface area contributed by atoms with E-state index in [1.807, 2.05) is 34.9 Å². The Labute approximate surface area is 137 Å². The van der Waals surface area contributed by atoms with Gasteiger partial charge in [-0.3, -0.25) is 19.7 Å². The van der Waals surface area contributed by atoms with Crippen molar-refractivity contribution in [1.82, 2.24) is 14.8 Å². The van der Waals surface area contributed by atoms with Crippen molar-refractivity contribution in [3.8, 4) is 5.69 Å². The molecule has 1 aromatic heterocycles. The highest BCUT2D eigenvalue weighted by atomic mass is 16.6. The van der Waals surface area contributed by atoms with Crippen LogP contribution in [0.2, 0.25) is 0 Å². The number of nitrogens with zero attached hydrogens (tertiary/aromatic N) is 5. The van der Waals surface area contributed by atoms with Crippen LogP contribution >= 0.6 is 0 Å². The van der Waals surface area contributed by atoms with Crippen LogP contribution in [0.1, 0.15) is 17.0 Å². The van der Waals surface area contributed by atoms with Gasteiger partial charge in [0, 0.05) is 36.2 Å². The fraction of sp³-hybridized carbons (Fsp3) is 0.118. The molecule has 0 fully saturated rings. The second kappa shape index (κ2) is 5.69. The third-order valence-electron chi connectivity index (χ3n) is 3.98. The van der Waals surface area contributed by atoms with Crippen LogP contribution < -0.4 is 0 Å². The van der Waals surface area contributed by atoms with E-state index in [1.54, 1.807) is 18.5 Å². The molecular weight excluding hydrogens is 306 g/mol. The molecule has 118 valence electrons. The Bertz CT molecular complexity index is 947. The Morgan fingerprint density at radius 2 is 1.96 bits per heavy atom. The van der Waals surface area contributed by atoms with Crippen molar-refractivity contribution >= 4 is 11.4 Å². The van der Waals surface area contributed by atoms with E-state index in [1.165, 1.54) is 6.07 Å². The Balaban J connectivity index is 1.99. The van der Waals surface area contributed by atoms with Gasteiger partial charge in [-0.1, -0.05) is 30.3 Å². The van der Waals surface area contributed by atoms with Crippen LogP contribution in [0.15, 0.2) is 59.9 Å². The predicted molar refractivity (Wildman–Crippen MR) is 88.7 cm³/mol. The van der Waals surface area contributed by atoms with Gasteiger partial charge in [0.05, 0.1) is 16.3 Å². The molecule has 0 aliphatic carbocycles. The second-order valence-corrected chi connectivity index (χ2v) is 5.42. The maximum absolute atomic E-state index is 11.2. The zero-order chi connectivity index (χ0) is 16.5. The first-order valence-corrected chi connectivity index (χ1v) is 7.52. The molecule has 7 heteroatoms. The van der Waals surface area contributed by atoms with Crippen LogP contribution in [0.5, 0.6) is 0 Å². The summed E-state index contributed by atoms with van der Waals surface area (Å²) in [5.41, 5.74) is 3.20. The van der Waals surface area contributed by atoms with E-state index in [4.69, 9.17) is 0 Å². The topological polar surface area (TPSA) is 86.2 Å². The fourth-order valence-electron chi connectivity index (χ4n) is 2.86. The zero-order valence-corrected chi connectivity index (χ0v) is 12.7. The lowest BCUT2D eigenvalue weighted by atomic mass is 9.99. The van der Waals surface area contributed by atoms with Crippen molar-refractivity contribution < 1.29 is 4.92 Å². The molecule has 4 rings (SSSR count). The van der Waals surface area contributed by atoms with Crippen molar-refractivity contribution in [2.45, 2.75) is 6.42 Å². The Morgan fingerprint density at radius 1 is 1.12 bits per heavy atom. The highest BCUT2D eigenvalue weighted by Crippen LogP contribution is 2.26. The number of nitro benzene ring substituents is 1. The highest BCUT2D eigenvalue weighted by Gasteiger charge is 2.21. The molecule has 0 amide bonds. The number of nitro groups is 1. The minimum atomic E-state index is -0.394. The number of benzene rings is 2. The van der Waals surface area contributed by atoms with Crippen molar-refractivity contribution in [3.63, 3.8) is 0 Å². The van der Waals surface area contributed by atoms with Crippen LogP contribution in [0, 0.1) is 10.1 Å². The van der Waals surface area contributed by atoms with Gasteiger partial charge < -0.3 is 0 Å². The number of hydrogen-bond acceptors (Lipinski definition) is 5. The van der Waals surface area contributed by atoms with Gasteiger partial charge in [0.1, 0.15) is 12.2 Å². The molecule has 24 heavy (non-hydrogen) atoms. The van der Waals surface area contributed by atoms with Gasteiger partial charge in [0.25, 0.3) is 5.69 Å². The standard InChI is InChI=1S/C17H13N5O2/c23-22(24)13-6-7-15-14(10-13)17(12-4-2-1-3-5-12)18-9-8-16-20-19-11-21(15)16/h1-7,10-11H,8-9H2/b18-17-. The van der Waals surface area contributed by atoms with Crippen LogP contribution in [0.25, 0.3) is 5.69 Å². The Morgan fingerprint density at radius 3 is 2.75 bits per heavy atom. The molecule has 1 aliphatic rings.